The third-order valence-corrected chi connectivity index (χ3v) is 5.65. The van der Waals surface area contributed by atoms with E-state index in [9.17, 15) is 9.59 Å². The normalized spacial score (nSPS) is 10.6. The smallest absolute Gasteiger partial charge is 0.329 e. The van der Waals surface area contributed by atoms with Crippen molar-refractivity contribution in [1.29, 1.82) is 0 Å². The first-order valence-electron chi connectivity index (χ1n) is 11.0. The van der Waals surface area contributed by atoms with Crippen LogP contribution in [0.15, 0.2) is 59.7 Å². The molecule has 9 nitrogen and oxygen atoms in total. The van der Waals surface area contributed by atoms with Crippen molar-refractivity contribution in [3.05, 3.63) is 75.8 Å². The number of rotatable bonds is 10. The van der Waals surface area contributed by atoms with Gasteiger partial charge in [-0.15, -0.1) is 0 Å². The van der Waals surface area contributed by atoms with Gasteiger partial charge in [-0.25, -0.2) is 5.43 Å². The third-order valence-electron chi connectivity index (χ3n) is 4.94. The van der Waals surface area contributed by atoms with E-state index in [1.165, 1.54) is 26.5 Å². The van der Waals surface area contributed by atoms with E-state index in [0.29, 0.717) is 50.8 Å². The molecule has 0 aliphatic carbocycles. The molecule has 0 bridgehead atoms. The molecule has 194 valence electrons. The van der Waals surface area contributed by atoms with E-state index in [1.54, 1.807) is 48.5 Å². The lowest BCUT2D eigenvalue weighted by atomic mass is 10.2. The minimum Gasteiger partial charge on any atom is -0.497 e. The van der Waals surface area contributed by atoms with Crippen LogP contribution in [-0.2, 0) is 16.2 Å². The van der Waals surface area contributed by atoms with Crippen molar-refractivity contribution >= 4 is 46.9 Å². The van der Waals surface area contributed by atoms with Crippen LogP contribution in [0.2, 0.25) is 10.0 Å². The number of hydrogen-bond acceptors (Lipinski definition) is 7. The Kier molecular flexibility index (Phi) is 10.00. The lowest BCUT2D eigenvalue weighted by Gasteiger charge is -2.14. The molecule has 0 spiro atoms. The van der Waals surface area contributed by atoms with E-state index in [4.69, 9.17) is 42.1 Å². The van der Waals surface area contributed by atoms with Gasteiger partial charge in [0.25, 0.3) is 0 Å². The molecule has 0 unspecified atom stereocenters. The summed E-state index contributed by atoms with van der Waals surface area (Å²) in [7, 11) is 2.93. The first-order chi connectivity index (χ1) is 17.9. The predicted molar refractivity (Wildman–Crippen MR) is 142 cm³/mol. The molecule has 0 aliphatic heterocycles. The van der Waals surface area contributed by atoms with Crippen LogP contribution in [0.5, 0.6) is 23.0 Å². The number of nitrogens with one attached hydrogen (secondary N) is 2. The zero-order valence-corrected chi connectivity index (χ0v) is 21.9. The van der Waals surface area contributed by atoms with Gasteiger partial charge in [-0.1, -0.05) is 29.3 Å². The van der Waals surface area contributed by atoms with Crippen molar-refractivity contribution in [3.63, 3.8) is 0 Å². The number of methoxy groups -OCH3 is 2. The minimum absolute atomic E-state index is 0.148. The average molecular weight is 546 g/mol. The molecule has 0 saturated heterocycles. The topological polar surface area (TPSA) is 107 Å². The van der Waals surface area contributed by atoms with Gasteiger partial charge in [0.15, 0.2) is 11.5 Å². The van der Waals surface area contributed by atoms with Crippen LogP contribution >= 0.6 is 23.2 Å². The molecule has 11 heteroatoms. The van der Waals surface area contributed by atoms with E-state index in [1.807, 2.05) is 6.92 Å². The van der Waals surface area contributed by atoms with Crippen molar-refractivity contribution < 1.29 is 28.5 Å². The second-order valence-electron chi connectivity index (χ2n) is 7.35. The summed E-state index contributed by atoms with van der Waals surface area (Å²) in [5.74, 6) is -0.104. The van der Waals surface area contributed by atoms with Crippen LogP contribution in [0, 0.1) is 0 Å². The zero-order valence-electron chi connectivity index (χ0n) is 20.3. The summed E-state index contributed by atoms with van der Waals surface area (Å²) in [5.41, 5.74) is 3.72. The van der Waals surface area contributed by atoms with Gasteiger partial charge in [-0.2, -0.15) is 5.10 Å². The molecular weight excluding hydrogens is 521 g/mol. The second-order valence-corrected chi connectivity index (χ2v) is 8.16. The number of anilines is 1. The first kappa shape index (κ1) is 27.6. The maximum Gasteiger partial charge on any atom is 0.329 e. The highest BCUT2D eigenvalue weighted by atomic mass is 35.5. The molecule has 0 aromatic heterocycles. The maximum atomic E-state index is 12.3. The van der Waals surface area contributed by atoms with Crippen molar-refractivity contribution in [2.75, 3.05) is 26.1 Å². The van der Waals surface area contributed by atoms with Crippen LogP contribution in [0.25, 0.3) is 0 Å². The predicted octanol–water partition coefficient (Wildman–Crippen LogP) is 5.08. The van der Waals surface area contributed by atoms with Crippen molar-refractivity contribution in [2.45, 2.75) is 13.5 Å². The van der Waals surface area contributed by atoms with E-state index in [0.717, 1.165) is 0 Å². The highest BCUT2D eigenvalue weighted by Gasteiger charge is 2.16. The Bertz CT molecular complexity index is 1280. The molecule has 0 fully saturated rings. The fraction of sp³-hybridized carbons (Fsp3) is 0.192. The Morgan fingerprint density at radius 2 is 1.62 bits per heavy atom. The van der Waals surface area contributed by atoms with E-state index in [-0.39, 0.29) is 12.3 Å². The average Bonchev–Trinajstić information content (AvgIpc) is 2.89. The molecule has 0 saturated carbocycles. The highest BCUT2D eigenvalue weighted by molar-refractivity contribution is 6.39. The maximum absolute atomic E-state index is 12.3. The Morgan fingerprint density at radius 3 is 2.30 bits per heavy atom. The fourth-order valence-electron chi connectivity index (χ4n) is 3.12. The Hall–Kier alpha value is -3.95. The number of amides is 2. The number of nitrogens with zero attached hydrogens (tertiary/aromatic N) is 1. The van der Waals surface area contributed by atoms with Gasteiger partial charge in [0.1, 0.15) is 18.1 Å². The second kappa shape index (κ2) is 13.4. The third kappa shape index (κ3) is 7.52. The van der Waals surface area contributed by atoms with Crippen molar-refractivity contribution in [2.24, 2.45) is 5.10 Å². The summed E-state index contributed by atoms with van der Waals surface area (Å²) in [6, 6.07) is 15.1. The molecule has 2 N–H and O–H groups in total. The summed E-state index contributed by atoms with van der Waals surface area (Å²) in [5, 5.41) is 7.32. The summed E-state index contributed by atoms with van der Waals surface area (Å²) < 4.78 is 21.9. The monoisotopic (exact) mass is 545 g/mol. The lowest BCUT2D eigenvalue weighted by Crippen LogP contribution is -2.32. The Balaban J connectivity index is 1.64. The van der Waals surface area contributed by atoms with Gasteiger partial charge in [-0.3, -0.25) is 9.59 Å². The van der Waals surface area contributed by atoms with Crippen LogP contribution in [0.4, 0.5) is 5.69 Å². The van der Waals surface area contributed by atoms with Crippen molar-refractivity contribution in [1.82, 2.24) is 5.43 Å². The molecule has 0 heterocycles. The van der Waals surface area contributed by atoms with Crippen LogP contribution < -0.4 is 29.7 Å². The number of carbonyl (C=O) groups is 2. The van der Waals surface area contributed by atoms with Crippen LogP contribution in [-0.4, -0.2) is 38.9 Å². The molecule has 0 radical (unpaired) electrons. The lowest BCUT2D eigenvalue weighted by molar-refractivity contribution is -0.136. The number of benzene rings is 3. The van der Waals surface area contributed by atoms with E-state index < -0.39 is 11.8 Å². The summed E-state index contributed by atoms with van der Waals surface area (Å²) in [6.07, 6.45) is 1.37. The molecular formula is C26H25Cl2N3O6. The SMILES string of the molecule is CCOc1cc(C=NNC(=O)C(=O)Nc2cc(OC)ccc2OC)ccc1OCc1c(Cl)cccc1Cl. The van der Waals surface area contributed by atoms with Gasteiger partial charge in [0.05, 0.1) is 32.7 Å². The quantitative estimate of drug-likeness (QED) is 0.209. The molecule has 37 heavy (non-hydrogen) atoms. The van der Waals surface area contributed by atoms with Gasteiger partial charge < -0.3 is 24.3 Å². The number of carbonyl (C=O) groups excluding carboxylic acids is 2. The zero-order chi connectivity index (χ0) is 26.8. The number of ether oxygens (including phenoxy) is 4. The molecule has 0 aliphatic rings. The largest absolute Gasteiger partial charge is 0.497 e. The van der Waals surface area contributed by atoms with Crippen LogP contribution in [0.1, 0.15) is 18.1 Å². The van der Waals surface area contributed by atoms with Crippen LogP contribution in [0.3, 0.4) is 0 Å². The minimum atomic E-state index is -0.970. The Labute approximate surface area is 224 Å². The first-order valence-corrected chi connectivity index (χ1v) is 11.8. The summed E-state index contributed by atoms with van der Waals surface area (Å²) in [4.78, 5) is 24.5. The Morgan fingerprint density at radius 1 is 0.892 bits per heavy atom. The number of halogens is 2. The van der Waals surface area contributed by atoms with E-state index >= 15 is 0 Å². The van der Waals surface area contributed by atoms with Gasteiger partial charge in [0, 0.05) is 21.7 Å². The van der Waals surface area contributed by atoms with Gasteiger partial charge in [-0.05, 0) is 55.0 Å². The summed E-state index contributed by atoms with van der Waals surface area (Å²) >= 11 is 12.4. The standard InChI is InChI=1S/C26H25Cl2N3O6/c1-4-36-24-12-16(8-10-23(24)37-15-18-19(27)6-5-7-20(18)28)14-29-31-26(33)25(32)30-21-13-17(34-2)9-11-22(21)35-3/h5-14H,4,15H2,1-3H3,(H,30,32)(H,31,33). The molecule has 2 amide bonds. The van der Waals surface area contributed by atoms with E-state index in [2.05, 4.69) is 15.8 Å². The fourth-order valence-corrected chi connectivity index (χ4v) is 3.63. The highest BCUT2D eigenvalue weighted by Crippen LogP contribution is 2.32. The number of hydrazone groups is 1. The summed E-state index contributed by atoms with van der Waals surface area (Å²) in [6.45, 7) is 2.38. The molecule has 3 rings (SSSR count). The number of hydrogen-bond donors (Lipinski definition) is 2. The van der Waals surface area contributed by atoms with Crippen molar-refractivity contribution in [3.8, 4) is 23.0 Å². The van der Waals surface area contributed by atoms with Gasteiger partial charge in [0.2, 0.25) is 0 Å². The molecule has 0 atom stereocenters. The van der Waals surface area contributed by atoms with Gasteiger partial charge >= 0.3 is 11.8 Å². The molecule has 3 aromatic carbocycles. The molecule has 3 aromatic rings.